The average Bonchev–Trinajstić information content (AvgIpc) is 2.67. The predicted molar refractivity (Wildman–Crippen MR) is 60.9 cm³/mol. The number of nitro benzene ring substituents is 1. The third-order valence-corrected chi connectivity index (χ3v) is 2.95. The summed E-state index contributed by atoms with van der Waals surface area (Å²) in [6.07, 6.45) is 0.911. The number of hydrogen-bond donors (Lipinski definition) is 1. The van der Waals surface area contributed by atoms with Crippen LogP contribution in [-0.2, 0) is 6.54 Å². The lowest BCUT2D eigenvalue weighted by Gasteiger charge is -2.15. The van der Waals surface area contributed by atoms with E-state index >= 15 is 0 Å². The topological polar surface area (TPSA) is 72.4 Å². The number of hydrogen-bond acceptors (Lipinski definition) is 4. The van der Waals surface area contributed by atoms with Gasteiger partial charge in [-0.15, -0.1) is 0 Å². The number of likely N-dealkylation sites (tertiary alicyclic amines) is 1. The van der Waals surface area contributed by atoms with Gasteiger partial charge in [-0.2, -0.15) is 0 Å². The van der Waals surface area contributed by atoms with Crippen LogP contribution in [0.5, 0.6) is 0 Å². The molecular weight excluding hydrogens is 225 g/mol. The number of nitrogens with zero attached hydrogens (tertiary/aromatic N) is 2. The Kier molecular flexibility index (Phi) is 3.35. The molecule has 1 fully saturated rings. The highest BCUT2D eigenvalue weighted by Crippen LogP contribution is 2.19. The molecule has 1 unspecified atom stereocenters. The number of nitrogens with two attached hydrogens (primary N) is 1. The maximum Gasteiger partial charge on any atom is 0.272 e. The molecule has 2 rings (SSSR count). The first-order chi connectivity index (χ1) is 8.06. The van der Waals surface area contributed by atoms with Gasteiger partial charge in [0, 0.05) is 37.3 Å². The van der Waals surface area contributed by atoms with Gasteiger partial charge in [0.2, 0.25) is 0 Å². The molecule has 1 atom stereocenters. The Balaban J connectivity index is 2.09. The fourth-order valence-electron chi connectivity index (χ4n) is 2.03. The molecule has 0 amide bonds. The molecule has 0 radical (unpaired) electrons. The van der Waals surface area contributed by atoms with Crippen LogP contribution in [0.1, 0.15) is 12.0 Å². The summed E-state index contributed by atoms with van der Waals surface area (Å²) in [7, 11) is 0. The van der Waals surface area contributed by atoms with Crippen molar-refractivity contribution in [2.24, 2.45) is 5.73 Å². The summed E-state index contributed by atoms with van der Waals surface area (Å²) >= 11 is 0. The smallest absolute Gasteiger partial charge is 0.272 e. The summed E-state index contributed by atoms with van der Waals surface area (Å²) < 4.78 is 13.6. The van der Waals surface area contributed by atoms with Gasteiger partial charge in [-0.3, -0.25) is 15.0 Å². The second-order valence-corrected chi connectivity index (χ2v) is 4.32. The van der Waals surface area contributed by atoms with Gasteiger partial charge >= 0.3 is 0 Å². The maximum absolute atomic E-state index is 13.6. The van der Waals surface area contributed by atoms with Gasteiger partial charge in [0.05, 0.1) is 11.0 Å². The third kappa shape index (κ3) is 2.78. The molecule has 0 bridgehead atoms. The van der Waals surface area contributed by atoms with E-state index in [4.69, 9.17) is 5.73 Å². The molecule has 1 heterocycles. The van der Waals surface area contributed by atoms with E-state index in [1.807, 2.05) is 0 Å². The summed E-state index contributed by atoms with van der Waals surface area (Å²) in [5, 5.41) is 10.5. The minimum atomic E-state index is -0.599. The van der Waals surface area contributed by atoms with Crippen LogP contribution in [0.4, 0.5) is 10.1 Å². The van der Waals surface area contributed by atoms with Crippen molar-refractivity contribution in [3.63, 3.8) is 0 Å². The number of non-ortho nitro benzene ring substituents is 1. The lowest BCUT2D eigenvalue weighted by molar-refractivity contribution is -0.385. The van der Waals surface area contributed by atoms with Crippen LogP contribution < -0.4 is 5.73 Å². The highest BCUT2D eigenvalue weighted by molar-refractivity contribution is 5.34. The molecule has 1 aliphatic heterocycles. The van der Waals surface area contributed by atoms with Crippen LogP contribution in [0.3, 0.4) is 0 Å². The summed E-state index contributed by atoms with van der Waals surface area (Å²) in [6, 6.07) is 3.91. The van der Waals surface area contributed by atoms with Gasteiger partial charge in [-0.1, -0.05) is 0 Å². The van der Waals surface area contributed by atoms with E-state index in [-0.39, 0.29) is 11.7 Å². The van der Waals surface area contributed by atoms with Crippen LogP contribution in [0.15, 0.2) is 18.2 Å². The first-order valence-electron chi connectivity index (χ1n) is 5.47. The quantitative estimate of drug-likeness (QED) is 0.636. The summed E-state index contributed by atoms with van der Waals surface area (Å²) in [5.41, 5.74) is 6.01. The van der Waals surface area contributed by atoms with Crippen molar-refractivity contribution in [1.82, 2.24) is 4.90 Å². The normalized spacial score (nSPS) is 20.7. The third-order valence-electron chi connectivity index (χ3n) is 2.95. The fourth-order valence-corrected chi connectivity index (χ4v) is 2.03. The second kappa shape index (κ2) is 4.77. The molecule has 0 aromatic heterocycles. The molecule has 1 aromatic rings. The van der Waals surface area contributed by atoms with Crippen molar-refractivity contribution in [3.8, 4) is 0 Å². The monoisotopic (exact) mass is 239 g/mol. The molecule has 5 nitrogen and oxygen atoms in total. The Bertz CT molecular complexity index is 439. The van der Waals surface area contributed by atoms with Crippen molar-refractivity contribution in [2.45, 2.75) is 19.0 Å². The molecule has 17 heavy (non-hydrogen) atoms. The molecule has 0 saturated carbocycles. The van der Waals surface area contributed by atoms with E-state index in [0.717, 1.165) is 25.6 Å². The zero-order valence-corrected chi connectivity index (χ0v) is 9.30. The van der Waals surface area contributed by atoms with Crippen LogP contribution in [0, 0.1) is 15.9 Å². The number of rotatable bonds is 3. The van der Waals surface area contributed by atoms with Gasteiger partial charge < -0.3 is 5.73 Å². The molecule has 1 aliphatic rings. The Hall–Kier alpha value is -1.53. The minimum absolute atomic E-state index is 0.149. The van der Waals surface area contributed by atoms with Crippen LogP contribution in [0.2, 0.25) is 0 Å². The van der Waals surface area contributed by atoms with Gasteiger partial charge in [-0.05, 0) is 12.5 Å². The minimum Gasteiger partial charge on any atom is -0.326 e. The van der Waals surface area contributed by atoms with Crippen molar-refractivity contribution in [1.29, 1.82) is 0 Å². The van der Waals surface area contributed by atoms with Crippen LogP contribution in [0.25, 0.3) is 0 Å². The van der Waals surface area contributed by atoms with Gasteiger partial charge in [0.1, 0.15) is 5.82 Å². The van der Waals surface area contributed by atoms with Crippen molar-refractivity contribution >= 4 is 5.69 Å². The summed E-state index contributed by atoms with van der Waals surface area (Å²) in [6.45, 7) is 2.05. The van der Waals surface area contributed by atoms with Gasteiger partial charge in [0.25, 0.3) is 5.69 Å². The predicted octanol–water partition coefficient (Wildman–Crippen LogP) is 1.27. The molecular formula is C11H14FN3O2. The number of nitro groups is 1. The lowest BCUT2D eigenvalue weighted by atomic mass is 10.2. The van der Waals surface area contributed by atoms with E-state index in [2.05, 4.69) is 4.90 Å². The van der Waals surface area contributed by atoms with Crippen molar-refractivity contribution < 1.29 is 9.31 Å². The SMILES string of the molecule is NC1CCN(Cc2ccc([N+](=O)[O-])cc2F)C1. The van der Waals surface area contributed by atoms with E-state index in [1.54, 1.807) is 0 Å². The zero-order valence-electron chi connectivity index (χ0n) is 9.30. The maximum atomic E-state index is 13.6. The van der Waals surface area contributed by atoms with Crippen LogP contribution in [-0.4, -0.2) is 29.0 Å². The Morgan fingerprint density at radius 1 is 1.59 bits per heavy atom. The Morgan fingerprint density at radius 3 is 2.88 bits per heavy atom. The highest BCUT2D eigenvalue weighted by atomic mass is 19.1. The van der Waals surface area contributed by atoms with Crippen molar-refractivity contribution in [3.05, 3.63) is 39.7 Å². The molecule has 1 aromatic carbocycles. The van der Waals surface area contributed by atoms with E-state index in [1.165, 1.54) is 12.1 Å². The number of halogens is 1. The summed E-state index contributed by atoms with van der Waals surface area (Å²) in [4.78, 5) is 11.9. The molecule has 0 spiro atoms. The van der Waals surface area contributed by atoms with E-state index < -0.39 is 10.7 Å². The molecule has 0 aliphatic carbocycles. The first-order valence-corrected chi connectivity index (χ1v) is 5.47. The average molecular weight is 239 g/mol. The molecule has 2 N–H and O–H groups in total. The van der Waals surface area contributed by atoms with E-state index in [0.29, 0.717) is 12.1 Å². The Labute approximate surface area is 98.2 Å². The molecule has 92 valence electrons. The molecule has 1 saturated heterocycles. The molecule has 6 heteroatoms. The lowest BCUT2D eigenvalue weighted by Crippen LogP contribution is -2.26. The highest BCUT2D eigenvalue weighted by Gasteiger charge is 2.20. The standard InChI is InChI=1S/C11H14FN3O2/c12-11-5-10(15(16)17)2-1-8(11)6-14-4-3-9(13)7-14/h1-2,5,9H,3-4,6-7,13H2. The zero-order chi connectivity index (χ0) is 12.4. The van der Waals surface area contributed by atoms with Gasteiger partial charge in [0.15, 0.2) is 0 Å². The largest absolute Gasteiger partial charge is 0.326 e. The fraction of sp³-hybridized carbons (Fsp3) is 0.455. The first kappa shape index (κ1) is 11.9. The second-order valence-electron chi connectivity index (χ2n) is 4.32. The van der Waals surface area contributed by atoms with Crippen molar-refractivity contribution in [2.75, 3.05) is 13.1 Å². The van der Waals surface area contributed by atoms with Gasteiger partial charge in [-0.25, -0.2) is 4.39 Å². The summed E-state index contributed by atoms with van der Waals surface area (Å²) in [5.74, 6) is -0.528. The number of benzene rings is 1. The van der Waals surface area contributed by atoms with Crippen LogP contribution >= 0.6 is 0 Å². The Morgan fingerprint density at radius 2 is 2.35 bits per heavy atom. The van der Waals surface area contributed by atoms with E-state index in [9.17, 15) is 14.5 Å².